The maximum Gasteiger partial charge on any atom is 0.169 e. The van der Waals surface area contributed by atoms with Crippen molar-refractivity contribution in [3.05, 3.63) is 235 Å². The summed E-state index contributed by atoms with van der Waals surface area (Å²) >= 11 is 15.6. The SMILES string of the molecule is CC(=O)c1cn(CCCNC2Cc3ccccc3C2)c2c(Br)cccc12.COc1cccc2c(C(=O)C3CC3)cn(CCCN3C4CCC3CC(CC(=O)c3ccc(Cl)cc3)C4)c12.COc1cccc2c(C(=O)Cc3ccccc3)cn(CCCN3C4CCC3CC(CC(=O)c3ccc(Cl)cc3)C4)c12. The molecule has 540 valence electrons. The standard InChI is InChI=1S/C35H37ClN2O3.C31H35ClN2O3.C22H23BrN2O/c1-41-34-10-5-9-30-31(33(40)21-24-7-3-2-4-8-24)23-37(35(30)34)17-6-18-38-28-15-16-29(38)20-25(19-28)22-32(39)26-11-13-27(36)14-12-26;1-37-29-5-2-4-26-27(31(36)22-6-7-22)19-33(30(26)29)14-3-15-34-24-12-13-25(34)17-20(16-24)18-28(35)21-8-10-23(32)11-9-21;1-15(26)20-14-25(22-19(20)8-4-9-21(22)23)11-5-10-24-18-12-16-6-2-3-7-17(16)13-18/h2-5,7-14,23,25,28-29H,6,15-22H2,1H3;2,4-5,8-11,19-20,22,24-25H,3,6-7,12-18H2,1H3;2-4,6-9,14,18,24H,5,10-13H2,1H3. The van der Waals surface area contributed by atoms with Crippen molar-refractivity contribution in [3.8, 4) is 11.5 Å². The van der Waals surface area contributed by atoms with E-state index in [0.717, 1.165) is 192 Å². The second kappa shape index (κ2) is 33.2. The van der Waals surface area contributed by atoms with Gasteiger partial charge in [0.05, 0.1) is 30.8 Å². The molecule has 10 aromatic rings. The molecule has 4 atom stereocenters. The molecule has 104 heavy (non-hydrogen) atoms. The van der Waals surface area contributed by atoms with E-state index in [1.165, 1.54) is 36.8 Å². The average molecular weight is 1500 g/mol. The number of methoxy groups -OCH3 is 2. The summed E-state index contributed by atoms with van der Waals surface area (Å²) in [7, 11) is 3.39. The quantitative estimate of drug-likeness (QED) is 0.0391. The second-order valence-electron chi connectivity index (χ2n) is 29.9. The van der Waals surface area contributed by atoms with Crippen LogP contribution in [0.2, 0.25) is 10.0 Å². The van der Waals surface area contributed by atoms with Gasteiger partial charge in [0, 0.05) is 165 Å². The van der Waals surface area contributed by atoms with E-state index in [1.54, 1.807) is 45.4 Å². The van der Waals surface area contributed by atoms with E-state index in [1.807, 2.05) is 116 Å². The molecule has 4 saturated heterocycles. The molecule has 3 aromatic heterocycles. The van der Waals surface area contributed by atoms with Crippen LogP contribution in [0.15, 0.2) is 181 Å². The summed E-state index contributed by atoms with van der Waals surface area (Å²) in [4.78, 5) is 69.4. The fourth-order valence-electron chi connectivity index (χ4n) is 17.9. The number of hydrogen-bond acceptors (Lipinski definition) is 10. The van der Waals surface area contributed by atoms with E-state index in [0.29, 0.717) is 71.4 Å². The maximum atomic E-state index is 13.4. The van der Waals surface area contributed by atoms with Gasteiger partial charge in [-0.3, -0.25) is 33.8 Å². The van der Waals surface area contributed by atoms with E-state index in [2.05, 4.69) is 81.3 Å². The zero-order chi connectivity index (χ0) is 72.0. The van der Waals surface area contributed by atoms with Gasteiger partial charge in [0.25, 0.3) is 0 Å². The fraction of sp³-hybridized carbons (Fsp3) is 0.398. The highest BCUT2D eigenvalue weighted by Crippen LogP contribution is 2.44. The predicted molar refractivity (Wildman–Crippen MR) is 421 cm³/mol. The lowest BCUT2D eigenvalue weighted by atomic mass is 9.85. The number of aryl methyl sites for hydroxylation is 3. The van der Waals surface area contributed by atoms with Crippen molar-refractivity contribution in [2.75, 3.05) is 33.9 Å². The number of ketones is 5. The predicted octanol–water partition coefficient (Wildman–Crippen LogP) is 19.2. The number of piperidine rings is 2. The Balaban J connectivity index is 0.000000135. The summed E-state index contributed by atoms with van der Waals surface area (Å²) in [6, 6.07) is 54.1. The molecule has 4 bridgehead atoms. The van der Waals surface area contributed by atoms with Crippen LogP contribution in [0, 0.1) is 17.8 Å². The van der Waals surface area contributed by atoms with E-state index >= 15 is 0 Å². The number of para-hydroxylation sites is 3. The third-order valence-corrected chi connectivity index (χ3v) is 24.2. The molecule has 1 N–H and O–H groups in total. The highest BCUT2D eigenvalue weighted by atomic mass is 79.9. The van der Waals surface area contributed by atoms with Crippen molar-refractivity contribution in [1.29, 1.82) is 0 Å². The number of Topliss-reactive ketones (excluding diaryl/α,β-unsaturated/α-hetero) is 5. The molecule has 5 fully saturated rings. The molecule has 6 aliphatic rings. The molecule has 16 rings (SSSR count). The highest BCUT2D eigenvalue weighted by Gasteiger charge is 2.43. The molecule has 0 radical (unpaired) electrons. The zero-order valence-electron chi connectivity index (χ0n) is 60.1. The van der Waals surface area contributed by atoms with Gasteiger partial charge >= 0.3 is 0 Å². The minimum Gasteiger partial charge on any atom is -0.495 e. The average Bonchev–Trinajstić information content (AvgIpc) is 1.63. The Morgan fingerprint density at radius 2 is 0.913 bits per heavy atom. The van der Waals surface area contributed by atoms with Crippen LogP contribution < -0.4 is 14.8 Å². The Morgan fingerprint density at radius 1 is 0.471 bits per heavy atom. The van der Waals surface area contributed by atoms with Gasteiger partial charge in [-0.15, -0.1) is 0 Å². The summed E-state index contributed by atoms with van der Waals surface area (Å²) in [6.45, 7) is 7.28. The number of hydrogen-bond donors (Lipinski definition) is 1. The van der Waals surface area contributed by atoms with Crippen LogP contribution in [0.25, 0.3) is 32.7 Å². The first kappa shape index (κ1) is 73.0. The molecule has 1 saturated carbocycles. The van der Waals surface area contributed by atoms with Crippen molar-refractivity contribution in [2.24, 2.45) is 17.8 Å². The first-order valence-electron chi connectivity index (χ1n) is 37.8. The van der Waals surface area contributed by atoms with Crippen LogP contribution in [0.4, 0.5) is 0 Å². The molecule has 0 amide bonds. The lowest BCUT2D eigenvalue weighted by Crippen LogP contribution is -2.43. The third-order valence-electron chi connectivity index (χ3n) is 23.0. The number of fused-ring (bicyclic) bond motifs is 8. The molecule has 2 aliphatic carbocycles. The number of halogens is 3. The number of ether oxygens (including phenoxy) is 2. The number of nitrogens with one attached hydrogen (secondary N) is 1. The largest absolute Gasteiger partial charge is 0.495 e. The number of nitrogens with zero attached hydrogens (tertiary/aromatic N) is 5. The summed E-state index contributed by atoms with van der Waals surface area (Å²) in [5, 5.41) is 8.03. The van der Waals surface area contributed by atoms with Crippen molar-refractivity contribution >= 4 is 101 Å². The Hall–Kier alpha value is -7.95. The lowest BCUT2D eigenvalue weighted by molar-refractivity contribution is 0.0800. The highest BCUT2D eigenvalue weighted by molar-refractivity contribution is 9.10. The van der Waals surface area contributed by atoms with E-state index < -0.39 is 0 Å². The van der Waals surface area contributed by atoms with Crippen LogP contribution in [0.5, 0.6) is 11.5 Å². The van der Waals surface area contributed by atoms with Crippen LogP contribution in [0.1, 0.15) is 172 Å². The Bertz CT molecular complexity index is 4680. The molecule has 13 nitrogen and oxygen atoms in total. The molecule has 0 spiro atoms. The molecular formula is C88H95BrCl2N6O7. The molecule has 7 aromatic carbocycles. The minimum absolute atomic E-state index is 0.119. The second-order valence-corrected chi connectivity index (χ2v) is 31.6. The maximum absolute atomic E-state index is 13.4. The summed E-state index contributed by atoms with van der Waals surface area (Å²) < 4.78 is 19.1. The van der Waals surface area contributed by atoms with Gasteiger partial charge in [0.2, 0.25) is 0 Å². The van der Waals surface area contributed by atoms with Crippen molar-refractivity contribution in [3.63, 3.8) is 0 Å². The number of carbonyl (C=O) groups is 5. The summed E-state index contributed by atoms with van der Waals surface area (Å²) in [6.07, 6.45) is 24.4. The summed E-state index contributed by atoms with van der Waals surface area (Å²) in [5.74, 6) is 3.73. The number of carbonyl (C=O) groups excluding carboxylic acids is 5. The van der Waals surface area contributed by atoms with Crippen molar-refractivity contribution in [2.45, 2.75) is 172 Å². The van der Waals surface area contributed by atoms with Gasteiger partial charge < -0.3 is 28.5 Å². The normalized spacial score (nSPS) is 19.9. The lowest BCUT2D eigenvalue weighted by Gasteiger charge is -2.39. The molecule has 4 unspecified atom stereocenters. The Morgan fingerprint density at radius 3 is 1.40 bits per heavy atom. The number of aromatic nitrogens is 3. The third kappa shape index (κ3) is 16.7. The van der Waals surface area contributed by atoms with Gasteiger partial charge in [0.15, 0.2) is 28.9 Å². The van der Waals surface area contributed by atoms with E-state index in [4.69, 9.17) is 32.7 Å². The first-order chi connectivity index (χ1) is 50.6. The molecular weight excluding hydrogens is 1400 g/mol. The molecule has 16 heteroatoms. The Kier molecular flexibility index (Phi) is 23.3. The zero-order valence-corrected chi connectivity index (χ0v) is 63.2. The van der Waals surface area contributed by atoms with E-state index in [-0.39, 0.29) is 34.8 Å². The summed E-state index contributed by atoms with van der Waals surface area (Å²) in [5.41, 5.74) is 11.1. The number of benzene rings is 7. The molecule has 4 aliphatic heterocycles. The van der Waals surface area contributed by atoms with Crippen LogP contribution in [-0.4, -0.2) is 116 Å². The van der Waals surface area contributed by atoms with Crippen molar-refractivity contribution < 1.29 is 33.4 Å². The first-order valence-corrected chi connectivity index (χ1v) is 39.3. The van der Waals surface area contributed by atoms with Gasteiger partial charge in [0.1, 0.15) is 11.5 Å². The van der Waals surface area contributed by atoms with Crippen molar-refractivity contribution in [1.82, 2.24) is 28.8 Å². The van der Waals surface area contributed by atoms with Gasteiger partial charge in [-0.25, -0.2) is 0 Å². The minimum atomic E-state index is 0.119. The Labute approximate surface area is 629 Å². The van der Waals surface area contributed by atoms with Gasteiger partial charge in [-0.2, -0.15) is 0 Å². The van der Waals surface area contributed by atoms with Crippen LogP contribution in [-0.2, 0) is 38.9 Å². The monoisotopic (exact) mass is 1500 g/mol. The van der Waals surface area contributed by atoms with Gasteiger partial charge in [-0.1, -0.05) is 114 Å². The van der Waals surface area contributed by atoms with Gasteiger partial charge in [-0.05, 0) is 221 Å². The molecule has 7 heterocycles. The fourth-order valence-corrected chi connectivity index (χ4v) is 18.8. The van der Waals surface area contributed by atoms with Crippen LogP contribution in [0.3, 0.4) is 0 Å². The van der Waals surface area contributed by atoms with Crippen LogP contribution >= 0.6 is 39.1 Å². The number of rotatable bonds is 27. The van der Waals surface area contributed by atoms with E-state index in [9.17, 15) is 24.0 Å². The topological polar surface area (TPSA) is 137 Å². The smallest absolute Gasteiger partial charge is 0.169 e.